The van der Waals surface area contributed by atoms with Gasteiger partial charge in [0, 0.05) is 31.4 Å². The van der Waals surface area contributed by atoms with Crippen molar-refractivity contribution in [3.63, 3.8) is 0 Å². The largest absolute Gasteiger partial charge is 0.313 e. The molecule has 0 saturated heterocycles. The fourth-order valence-electron chi connectivity index (χ4n) is 1.27. The summed E-state index contributed by atoms with van der Waals surface area (Å²) in [5, 5.41) is 6.83. The fraction of sp³-hybridized carbons (Fsp3) is 0.583. The van der Waals surface area contributed by atoms with Crippen molar-refractivity contribution in [3.05, 3.63) is 30.1 Å². The molecular formula is C12H21N3. The van der Waals surface area contributed by atoms with E-state index >= 15 is 0 Å². The molecule has 84 valence electrons. The number of hydrogen-bond acceptors (Lipinski definition) is 3. The van der Waals surface area contributed by atoms with Crippen molar-refractivity contribution in [1.29, 1.82) is 0 Å². The van der Waals surface area contributed by atoms with Crippen LogP contribution in [0.4, 0.5) is 0 Å². The molecule has 2 N–H and O–H groups in total. The van der Waals surface area contributed by atoms with E-state index in [0.29, 0.717) is 12.1 Å². The lowest BCUT2D eigenvalue weighted by molar-refractivity contribution is 0.471. The average Bonchev–Trinajstić information content (AvgIpc) is 2.25. The van der Waals surface area contributed by atoms with Gasteiger partial charge in [-0.05, 0) is 19.1 Å². The molecule has 1 aromatic rings. The highest BCUT2D eigenvalue weighted by Crippen LogP contribution is 1.93. The normalized spacial score (nSPS) is 13.1. The van der Waals surface area contributed by atoms with E-state index < -0.39 is 0 Å². The predicted octanol–water partition coefficient (Wildman–Crippen LogP) is 1.56. The highest BCUT2D eigenvalue weighted by molar-refractivity contribution is 5.03. The second-order valence-corrected chi connectivity index (χ2v) is 4.17. The Labute approximate surface area is 92.3 Å². The highest BCUT2D eigenvalue weighted by atomic mass is 15.0. The summed E-state index contributed by atoms with van der Waals surface area (Å²) in [6.07, 6.45) is 1.83. The van der Waals surface area contributed by atoms with Gasteiger partial charge in [-0.1, -0.05) is 19.9 Å². The zero-order chi connectivity index (χ0) is 11.1. The molecule has 0 aliphatic heterocycles. The van der Waals surface area contributed by atoms with Crippen molar-refractivity contribution in [2.75, 3.05) is 6.54 Å². The molecule has 0 fully saturated rings. The van der Waals surface area contributed by atoms with E-state index in [9.17, 15) is 0 Å². The summed E-state index contributed by atoms with van der Waals surface area (Å²) in [5.74, 6) is 0. The minimum atomic E-state index is 0.467. The quantitative estimate of drug-likeness (QED) is 0.743. The molecule has 3 nitrogen and oxygen atoms in total. The van der Waals surface area contributed by atoms with Gasteiger partial charge < -0.3 is 10.6 Å². The van der Waals surface area contributed by atoms with Gasteiger partial charge in [-0.2, -0.15) is 0 Å². The van der Waals surface area contributed by atoms with E-state index in [4.69, 9.17) is 0 Å². The molecule has 1 heterocycles. The number of rotatable bonds is 6. The van der Waals surface area contributed by atoms with Crippen LogP contribution < -0.4 is 10.6 Å². The first-order valence-electron chi connectivity index (χ1n) is 5.55. The molecule has 0 spiro atoms. The maximum atomic E-state index is 4.26. The first-order valence-corrected chi connectivity index (χ1v) is 5.55. The third-order valence-electron chi connectivity index (χ3n) is 2.19. The molecule has 0 radical (unpaired) electrons. The second-order valence-electron chi connectivity index (χ2n) is 4.17. The van der Waals surface area contributed by atoms with Gasteiger partial charge >= 0.3 is 0 Å². The van der Waals surface area contributed by atoms with Crippen molar-refractivity contribution in [3.8, 4) is 0 Å². The van der Waals surface area contributed by atoms with E-state index in [1.165, 1.54) is 0 Å². The van der Waals surface area contributed by atoms with E-state index in [1.54, 1.807) is 0 Å². The van der Waals surface area contributed by atoms with E-state index in [1.807, 2.05) is 24.4 Å². The van der Waals surface area contributed by atoms with Gasteiger partial charge in [-0.25, -0.2) is 0 Å². The van der Waals surface area contributed by atoms with E-state index in [0.717, 1.165) is 18.8 Å². The highest BCUT2D eigenvalue weighted by Gasteiger charge is 2.02. The monoisotopic (exact) mass is 207 g/mol. The third-order valence-corrected chi connectivity index (χ3v) is 2.19. The maximum Gasteiger partial charge on any atom is 0.0541 e. The number of nitrogens with zero attached hydrogens (tertiary/aromatic N) is 1. The van der Waals surface area contributed by atoms with Crippen molar-refractivity contribution < 1.29 is 0 Å². The van der Waals surface area contributed by atoms with Crippen molar-refractivity contribution >= 4 is 0 Å². The van der Waals surface area contributed by atoms with Crippen molar-refractivity contribution in [2.45, 2.75) is 39.4 Å². The van der Waals surface area contributed by atoms with Crippen LogP contribution in [-0.4, -0.2) is 23.6 Å². The van der Waals surface area contributed by atoms with Gasteiger partial charge in [0.2, 0.25) is 0 Å². The Hall–Kier alpha value is -0.930. The van der Waals surface area contributed by atoms with Crippen LogP contribution >= 0.6 is 0 Å². The molecule has 1 atom stereocenters. The van der Waals surface area contributed by atoms with Gasteiger partial charge in [-0.15, -0.1) is 0 Å². The van der Waals surface area contributed by atoms with E-state index in [-0.39, 0.29) is 0 Å². The lowest BCUT2D eigenvalue weighted by Crippen LogP contribution is -2.38. The molecule has 0 aliphatic rings. The molecular weight excluding hydrogens is 186 g/mol. The molecule has 1 rings (SSSR count). The van der Waals surface area contributed by atoms with Gasteiger partial charge in [0.05, 0.1) is 5.69 Å². The Morgan fingerprint density at radius 3 is 2.60 bits per heavy atom. The first kappa shape index (κ1) is 12.1. The molecule has 0 saturated carbocycles. The SMILES string of the molecule is CC(C)NCC(C)NCc1ccccn1. The van der Waals surface area contributed by atoms with Crippen LogP contribution in [0.1, 0.15) is 26.5 Å². The second kappa shape index (κ2) is 6.53. The number of aromatic nitrogens is 1. The zero-order valence-corrected chi connectivity index (χ0v) is 9.83. The summed E-state index contributed by atoms with van der Waals surface area (Å²) < 4.78 is 0. The molecule has 0 aromatic carbocycles. The van der Waals surface area contributed by atoms with Gasteiger partial charge in [0.15, 0.2) is 0 Å². The smallest absolute Gasteiger partial charge is 0.0541 e. The van der Waals surface area contributed by atoms with Crippen molar-refractivity contribution in [1.82, 2.24) is 15.6 Å². The summed E-state index contributed by atoms with van der Waals surface area (Å²) in [4.78, 5) is 4.26. The molecule has 15 heavy (non-hydrogen) atoms. The minimum Gasteiger partial charge on any atom is -0.313 e. The summed E-state index contributed by atoms with van der Waals surface area (Å²) in [5.41, 5.74) is 1.09. The molecule has 1 aromatic heterocycles. The predicted molar refractivity (Wildman–Crippen MR) is 63.7 cm³/mol. The molecule has 0 bridgehead atoms. The number of pyridine rings is 1. The molecule has 0 amide bonds. The lowest BCUT2D eigenvalue weighted by atomic mass is 10.3. The minimum absolute atomic E-state index is 0.467. The Morgan fingerprint density at radius 1 is 1.20 bits per heavy atom. The topological polar surface area (TPSA) is 37.0 Å². The van der Waals surface area contributed by atoms with Crippen LogP contribution in [0.15, 0.2) is 24.4 Å². The summed E-state index contributed by atoms with van der Waals surface area (Å²) >= 11 is 0. The maximum absolute atomic E-state index is 4.26. The van der Waals surface area contributed by atoms with Crippen molar-refractivity contribution in [2.24, 2.45) is 0 Å². The summed E-state index contributed by atoms with van der Waals surface area (Å²) in [6, 6.07) is 7.00. The Kier molecular flexibility index (Phi) is 5.29. The van der Waals surface area contributed by atoms with Crippen LogP contribution in [0.2, 0.25) is 0 Å². The third kappa shape index (κ3) is 5.50. The standard InChI is InChI=1S/C12H21N3/c1-10(2)14-8-11(3)15-9-12-6-4-5-7-13-12/h4-7,10-11,14-15H,8-9H2,1-3H3. The molecule has 0 aliphatic carbocycles. The van der Waals surface area contributed by atoms with Crippen LogP contribution in [0, 0.1) is 0 Å². The van der Waals surface area contributed by atoms with Gasteiger partial charge in [-0.3, -0.25) is 4.98 Å². The van der Waals surface area contributed by atoms with E-state index in [2.05, 4.69) is 36.4 Å². The molecule has 3 heteroatoms. The summed E-state index contributed by atoms with van der Waals surface area (Å²) in [7, 11) is 0. The molecule has 1 unspecified atom stereocenters. The van der Waals surface area contributed by atoms with Crippen LogP contribution in [0.3, 0.4) is 0 Å². The van der Waals surface area contributed by atoms with Gasteiger partial charge in [0.25, 0.3) is 0 Å². The van der Waals surface area contributed by atoms with Crippen LogP contribution in [0.5, 0.6) is 0 Å². The lowest BCUT2D eigenvalue weighted by Gasteiger charge is -2.16. The Morgan fingerprint density at radius 2 is 2.00 bits per heavy atom. The first-order chi connectivity index (χ1) is 7.18. The Bertz CT molecular complexity index is 259. The van der Waals surface area contributed by atoms with Gasteiger partial charge in [0.1, 0.15) is 0 Å². The number of hydrogen-bond donors (Lipinski definition) is 2. The van der Waals surface area contributed by atoms with Crippen LogP contribution in [-0.2, 0) is 6.54 Å². The van der Waals surface area contributed by atoms with Crippen LogP contribution in [0.25, 0.3) is 0 Å². The zero-order valence-electron chi connectivity index (χ0n) is 9.83. The summed E-state index contributed by atoms with van der Waals surface area (Å²) in [6.45, 7) is 8.32. The average molecular weight is 207 g/mol. The fourth-order valence-corrected chi connectivity index (χ4v) is 1.27. The number of nitrogens with one attached hydrogen (secondary N) is 2. The Balaban J connectivity index is 2.19.